The number of carbonyl (C=O) groups excluding carboxylic acids is 1. The van der Waals surface area contributed by atoms with Crippen LogP contribution in [0.15, 0.2) is 42.5 Å². The Labute approximate surface area is 230 Å². The van der Waals surface area contributed by atoms with E-state index >= 15 is 0 Å². The van der Waals surface area contributed by atoms with Gasteiger partial charge in [0.15, 0.2) is 11.5 Å². The summed E-state index contributed by atoms with van der Waals surface area (Å²) in [7, 11) is 3.04. The first-order valence-corrected chi connectivity index (χ1v) is 12.6. The van der Waals surface area contributed by atoms with Crippen molar-refractivity contribution in [1.29, 1.82) is 0 Å². The zero-order valence-corrected chi connectivity index (χ0v) is 22.4. The van der Waals surface area contributed by atoms with E-state index in [1.54, 1.807) is 30.3 Å². The molecule has 5 rings (SSSR count). The number of halogens is 4. The lowest BCUT2D eigenvalue weighted by molar-refractivity contribution is 0.0659. The highest BCUT2D eigenvalue weighted by Gasteiger charge is 2.35. The molecule has 1 saturated heterocycles. The van der Waals surface area contributed by atoms with Crippen LogP contribution in [0.3, 0.4) is 0 Å². The Balaban J connectivity index is 0.00000353. The van der Waals surface area contributed by atoms with Crippen molar-refractivity contribution in [3.05, 3.63) is 59.4 Å². The van der Waals surface area contributed by atoms with Crippen molar-refractivity contribution in [2.24, 2.45) is 0 Å². The second-order valence-electron chi connectivity index (χ2n) is 9.52. The molecule has 3 atom stereocenters. The minimum Gasteiger partial charge on any atom is -0.493 e. The summed E-state index contributed by atoms with van der Waals surface area (Å²) in [6, 6.07) is 9.44. The molecule has 39 heavy (non-hydrogen) atoms. The van der Waals surface area contributed by atoms with Crippen molar-refractivity contribution >= 4 is 24.1 Å². The van der Waals surface area contributed by atoms with Crippen LogP contribution in [0.1, 0.15) is 47.3 Å². The Morgan fingerprint density at radius 2 is 1.92 bits per heavy atom. The van der Waals surface area contributed by atoms with Crippen molar-refractivity contribution in [3.63, 3.8) is 0 Å². The fraction of sp³-hybridized carbons (Fsp3) is 0.407. The van der Waals surface area contributed by atoms with Gasteiger partial charge < -0.3 is 25.4 Å². The molecular weight excluding hydrogens is 535 g/mol. The number of benzene rings is 2. The van der Waals surface area contributed by atoms with Crippen LogP contribution in [0.25, 0.3) is 11.3 Å². The van der Waals surface area contributed by atoms with Gasteiger partial charge in [-0.1, -0.05) is 12.1 Å². The highest BCUT2D eigenvalue weighted by atomic mass is 35.5. The third-order valence-electron chi connectivity index (χ3n) is 7.09. The number of carbonyl (C=O) groups is 1. The normalized spacial score (nSPS) is 20.4. The first kappa shape index (κ1) is 28.6. The maximum Gasteiger partial charge on any atom is 0.260 e. The van der Waals surface area contributed by atoms with E-state index < -0.39 is 30.2 Å². The summed E-state index contributed by atoms with van der Waals surface area (Å²) in [6.45, 7) is 1.55. The molecule has 3 aromatic rings. The number of amides is 1. The van der Waals surface area contributed by atoms with E-state index in [0.717, 1.165) is 24.9 Å². The molecule has 1 amide bonds. The van der Waals surface area contributed by atoms with E-state index in [-0.39, 0.29) is 30.4 Å². The van der Waals surface area contributed by atoms with Crippen molar-refractivity contribution in [2.75, 3.05) is 32.6 Å². The molecule has 0 radical (unpaired) electrons. The lowest BCUT2D eigenvalue weighted by Crippen LogP contribution is -2.45. The molecule has 2 aliphatic heterocycles. The van der Waals surface area contributed by atoms with Gasteiger partial charge in [-0.2, -0.15) is 5.10 Å². The molecule has 3 heterocycles. The summed E-state index contributed by atoms with van der Waals surface area (Å²) in [5.74, 6) is 0.252. The van der Waals surface area contributed by atoms with E-state index in [1.807, 2.05) is 0 Å². The van der Waals surface area contributed by atoms with Crippen LogP contribution in [0.2, 0.25) is 0 Å². The molecule has 0 spiro atoms. The van der Waals surface area contributed by atoms with Gasteiger partial charge in [-0.05, 0) is 55.6 Å². The number of hydrogen-bond donors (Lipinski definition) is 3. The first-order valence-electron chi connectivity index (χ1n) is 12.6. The summed E-state index contributed by atoms with van der Waals surface area (Å²) in [6.07, 6.45) is -0.799. The molecular formula is C27H31ClF3N5O3. The van der Waals surface area contributed by atoms with Crippen LogP contribution >= 0.6 is 12.4 Å². The van der Waals surface area contributed by atoms with Crippen LogP contribution in [-0.2, 0) is 0 Å². The molecule has 2 unspecified atom stereocenters. The number of aromatic nitrogens is 2. The molecule has 210 valence electrons. The van der Waals surface area contributed by atoms with E-state index in [2.05, 4.69) is 21.0 Å². The molecule has 0 bridgehead atoms. The number of anilines is 1. The standard InChI is InChI=1S/C27H30F3N5O3.ClH/c1-37-23-8-6-16(11-24(23)38-2)20-12-22(26(29)30)35-25(33-20)13-21(34-35)15-5-7-18(19(28)10-15)27(36)32-17-4-3-9-31-14-17;/h5-8,10-11,13,17,20,22,26,31,33H,3-4,9,12,14H2,1-2H3,(H,32,36);1H/t17-,20?,22?;/m0./s1. The van der Waals surface area contributed by atoms with Gasteiger partial charge in [-0.15, -0.1) is 12.4 Å². The van der Waals surface area contributed by atoms with Crippen molar-refractivity contribution in [2.45, 2.75) is 43.8 Å². The lowest BCUT2D eigenvalue weighted by atomic mass is 9.97. The summed E-state index contributed by atoms with van der Waals surface area (Å²) >= 11 is 0. The van der Waals surface area contributed by atoms with Crippen molar-refractivity contribution < 1.29 is 27.4 Å². The van der Waals surface area contributed by atoms with E-state index in [0.29, 0.717) is 35.1 Å². The van der Waals surface area contributed by atoms with Crippen LogP contribution in [-0.4, -0.2) is 55.5 Å². The number of nitrogens with one attached hydrogen (secondary N) is 3. The molecule has 2 aliphatic rings. The van der Waals surface area contributed by atoms with E-state index in [4.69, 9.17) is 9.47 Å². The van der Waals surface area contributed by atoms with Crippen LogP contribution in [0.4, 0.5) is 19.0 Å². The second kappa shape index (κ2) is 12.2. The number of methoxy groups -OCH3 is 2. The highest BCUT2D eigenvalue weighted by Crippen LogP contribution is 2.41. The second-order valence-corrected chi connectivity index (χ2v) is 9.52. The van der Waals surface area contributed by atoms with E-state index in [1.165, 1.54) is 31.0 Å². The first-order chi connectivity index (χ1) is 18.4. The van der Waals surface area contributed by atoms with Crippen molar-refractivity contribution in [1.82, 2.24) is 20.4 Å². The predicted molar refractivity (Wildman–Crippen MR) is 144 cm³/mol. The van der Waals surface area contributed by atoms with Gasteiger partial charge >= 0.3 is 0 Å². The summed E-state index contributed by atoms with van der Waals surface area (Å²) in [4.78, 5) is 12.6. The fourth-order valence-electron chi connectivity index (χ4n) is 5.07. The Kier molecular flexibility index (Phi) is 8.91. The average molecular weight is 566 g/mol. The number of ether oxygens (including phenoxy) is 2. The van der Waals surface area contributed by atoms with Crippen LogP contribution in [0, 0.1) is 5.82 Å². The maximum atomic E-state index is 15.0. The number of nitrogens with zero attached hydrogens (tertiary/aromatic N) is 2. The zero-order valence-electron chi connectivity index (χ0n) is 21.5. The molecule has 8 nitrogen and oxygen atoms in total. The molecule has 0 aliphatic carbocycles. The van der Waals surface area contributed by atoms with Gasteiger partial charge in [0.1, 0.15) is 17.7 Å². The Bertz CT molecular complexity index is 1320. The predicted octanol–water partition coefficient (Wildman–Crippen LogP) is 4.97. The number of fused-ring (bicyclic) bond motifs is 1. The molecule has 12 heteroatoms. The number of piperidine rings is 1. The molecule has 0 saturated carbocycles. The summed E-state index contributed by atoms with van der Waals surface area (Å²) in [5, 5.41) is 13.7. The Hall–Kier alpha value is -3.44. The maximum absolute atomic E-state index is 15.0. The quantitative estimate of drug-likeness (QED) is 0.375. The van der Waals surface area contributed by atoms with Gasteiger partial charge in [0, 0.05) is 24.2 Å². The third-order valence-corrected chi connectivity index (χ3v) is 7.09. The minimum atomic E-state index is -2.66. The lowest BCUT2D eigenvalue weighted by Gasteiger charge is -2.32. The van der Waals surface area contributed by atoms with Gasteiger partial charge in [-0.25, -0.2) is 17.9 Å². The van der Waals surface area contributed by atoms with Crippen LogP contribution < -0.4 is 25.4 Å². The monoisotopic (exact) mass is 565 g/mol. The van der Waals surface area contributed by atoms with Gasteiger partial charge in [0.25, 0.3) is 12.3 Å². The van der Waals surface area contributed by atoms with Gasteiger partial charge in [0.05, 0.1) is 31.5 Å². The Morgan fingerprint density at radius 1 is 1.13 bits per heavy atom. The van der Waals surface area contributed by atoms with Gasteiger partial charge in [-0.3, -0.25) is 4.79 Å². The molecule has 1 aromatic heterocycles. The molecule has 1 fully saturated rings. The highest BCUT2D eigenvalue weighted by molar-refractivity contribution is 5.95. The number of alkyl halides is 2. The van der Waals surface area contributed by atoms with E-state index in [9.17, 15) is 18.0 Å². The topological polar surface area (TPSA) is 89.4 Å². The molecule has 3 N–H and O–H groups in total. The summed E-state index contributed by atoms with van der Waals surface area (Å²) in [5.41, 5.74) is 1.41. The van der Waals surface area contributed by atoms with Gasteiger partial charge in [0.2, 0.25) is 0 Å². The third kappa shape index (κ3) is 5.94. The zero-order chi connectivity index (χ0) is 26.8. The summed E-state index contributed by atoms with van der Waals surface area (Å²) < 4.78 is 55.1. The van der Waals surface area contributed by atoms with Crippen LogP contribution in [0.5, 0.6) is 11.5 Å². The smallest absolute Gasteiger partial charge is 0.260 e. The number of hydrogen-bond acceptors (Lipinski definition) is 6. The Morgan fingerprint density at radius 3 is 2.59 bits per heavy atom. The molecule has 2 aromatic carbocycles. The largest absolute Gasteiger partial charge is 0.493 e. The minimum absolute atomic E-state index is 0. The average Bonchev–Trinajstić information content (AvgIpc) is 3.36. The SMILES string of the molecule is COc1ccc(C2CC(C(F)F)n3nc(-c4ccc(C(=O)N[C@H]5CCCNC5)c(F)c4)cc3N2)cc1OC.Cl. The fourth-order valence-corrected chi connectivity index (χ4v) is 5.07. The number of rotatable bonds is 7. The van der Waals surface area contributed by atoms with Crippen molar-refractivity contribution in [3.8, 4) is 22.8 Å².